The minimum atomic E-state index is -0.177. The Hall–Kier alpha value is -2.63. The first-order chi connectivity index (χ1) is 12.9. The Morgan fingerprint density at radius 1 is 1.15 bits per heavy atom. The van der Waals surface area contributed by atoms with Crippen LogP contribution in [0.2, 0.25) is 0 Å². The molecule has 1 unspecified atom stereocenters. The van der Waals surface area contributed by atoms with Crippen LogP contribution in [-0.2, 0) is 5.41 Å². The summed E-state index contributed by atoms with van der Waals surface area (Å²) < 4.78 is 11.2. The van der Waals surface area contributed by atoms with Gasteiger partial charge in [-0.05, 0) is 24.1 Å². The normalized spacial score (nSPS) is 14.5. The van der Waals surface area contributed by atoms with Crippen LogP contribution in [0.15, 0.2) is 30.6 Å². The van der Waals surface area contributed by atoms with Gasteiger partial charge in [-0.1, -0.05) is 40.2 Å². The van der Waals surface area contributed by atoms with E-state index in [-0.39, 0.29) is 17.4 Å². The predicted octanol–water partition coefficient (Wildman–Crippen LogP) is 3.82. The molecule has 2 aromatic rings. The third kappa shape index (κ3) is 4.56. The summed E-state index contributed by atoms with van der Waals surface area (Å²) in [6.07, 6.45) is 4.95. The maximum Gasteiger partial charge on any atom is 0.254 e. The van der Waals surface area contributed by atoms with Gasteiger partial charge in [0, 0.05) is 17.8 Å². The minimum absolute atomic E-state index is 0.111. The van der Waals surface area contributed by atoms with Crippen LogP contribution in [0.1, 0.15) is 68.3 Å². The second kappa shape index (κ2) is 7.94. The highest BCUT2D eigenvalue weighted by molar-refractivity contribution is 5.93. The first kappa shape index (κ1) is 19.1. The smallest absolute Gasteiger partial charge is 0.254 e. The van der Waals surface area contributed by atoms with Crippen molar-refractivity contribution in [3.8, 4) is 11.5 Å². The van der Waals surface area contributed by atoms with Gasteiger partial charge in [0.1, 0.15) is 19.0 Å². The van der Waals surface area contributed by atoms with Crippen LogP contribution in [0, 0.1) is 0 Å². The van der Waals surface area contributed by atoms with Gasteiger partial charge in [-0.25, -0.2) is 9.97 Å². The van der Waals surface area contributed by atoms with Gasteiger partial charge in [-0.15, -0.1) is 0 Å². The average Bonchev–Trinajstić information content (AvgIpc) is 2.66. The van der Waals surface area contributed by atoms with E-state index in [4.69, 9.17) is 9.47 Å². The molecular formula is C21H27N3O3. The maximum absolute atomic E-state index is 12.7. The third-order valence-electron chi connectivity index (χ3n) is 4.44. The topological polar surface area (TPSA) is 73.3 Å². The largest absolute Gasteiger partial charge is 0.486 e. The summed E-state index contributed by atoms with van der Waals surface area (Å²) in [6, 6.07) is 5.72. The SMILES string of the molecule is CCCC(NC(=O)c1cnc(C(C)(C)C)nc1)c1ccc2c(c1)OCCO2. The van der Waals surface area contributed by atoms with Gasteiger partial charge in [0.05, 0.1) is 11.6 Å². The number of hydrogen-bond acceptors (Lipinski definition) is 5. The van der Waals surface area contributed by atoms with Crippen LogP contribution >= 0.6 is 0 Å². The summed E-state index contributed by atoms with van der Waals surface area (Å²) in [4.78, 5) is 21.4. The molecular weight excluding hydrogens is 342 g/mol. The number of nitrogens with zero attached hydrogens (tertiary/aromatic N) is 2. The second-order valence-corrected chi connectivity index (χ2v) is 7.76. The number of rotatable bonds is 5. The molecule has 2 heterocycles. The van der Waals surface area contributed by atoms with Gasteiger partial charge in [0.2, 0.25) is 0 Å². The lowest BCUT2D eigenvalue weighted by atomic mass is 9.96. The Morgan fingerprint density at radius 3 is 2.44 bits per heavy atom. The Bertz CT molecular complexity index is 797. The van der Waals surface area contributed by atoms with Crippen LogP contribution in [0.3, 0.4) is 0 Å². The van der Waals surface area contributed by atoms with E-state index in [0.29, 0.717) is 18.8 Å². The molecule has 0 bridgehead atoms. The van der Waals surface area contributed by atoms with Crippen molar-refractivity contribution in [3.63, 3.8) is 0 Å². The van der Waals surface area contributed by atoms with Crippen LogP contribution in [0.4, 0.5) is 0 Å². The number of aromatic nitrogens is 2. The fourth-order valence-corrected chi connectivity index (χ4v) is 2.96. The molecule has 0 aliphatic carbocycles. The number of fused-ring (bicyclic) bond motifs is 1. The van der Waals surface area contributed by atoms with Gasteiger partial charge in [-0.3, -0.25) is 4.79 Å². The Morgan fingerprint density at radius 2 is 1.81 bits per heavy atom. The first-order valence-corrected chi connectivity index (χ1v) is 9.41. The monoisotopic (exact) mass is 369 g/mol. The molecule has 144 valence electrons. The Labute approximate surface area is 160 Å². The van der Waals surface area contributed by atoms with Gasteiger partial charge in [0.25, 0.3) is 5.91 Å². The van der Waals surface area contributed by atoms with Crippen molar-refractivity contribution in [1.29, 1.82) is 0 Å². The molecule has 0 saturated heterocycles. The number of nitrogens with one attached hydrogen (secondary N) is 1. The molecule has 1 aliphatic heterocycles. The van der Waals surface area contributed by atoms with E-state index in [0.717, 1.165) is 35.7 Å². The molecule has 3 rings (SSSR count). The van der Waals surface area contributed by atoms with Gasteiger partial charge in [0.15, 0.2) is 11.5 Å². The number of amides is 1. The summed E-state index contributed by atoms with van der Waals surface area (Å²) in [5, 5.41) is 3.10. The van der Waals surface area contributed by atoms with E-state index in [2.05, 4.69) is 22.2 Å². The molecule has 6 nitrogen and oxygen atoms in total. The van der Waals surface area contributed by atoms with Crippen LogP contribution in [0.5, 0.6) is 11.5 Å². The summed E-state index contributed by atoms with van der Waals surface area (Å²) in [5.74, 6) is 2.02. The van der Waals surface area contributed by atoms with E-state index >= 15 is 0 Å². The van der Waals surface area contributed by atoms with Crippen molar-refractivity contribution in [3.05, 3.63) is 47.5 Å². The van der Waals surface area contributed by atoms with Crippen molar-refractivity contribution >= 4 is 5.91 Å². The summed E-state index contributed by atoms with van der Waals surface area (Å²) in [5.41, 5.74) is 1.31. The minimum Gasteiger partial charge on any atom is -0.486 e. The van der Waals surface area contributed by atoms with Gasteiger partial charge in [-0.2, -0.15) is 0 Å². The van der Waals surface area contributed by atoms with Gasteiger partial charge >= 0.3 is 0 Å². The highest BCUT2D eigenvalue weighted by Gasteiger charge is 2.21. The molecule has 1 aromatic heterocycles. The fourth-order valence-electron chi connectivity index (χ4n) is 2.96. The van der Waals surface area contributed by atoms with E-state index < -0.39 is 0 Å². The number of ether oxygens (including phenoxy) is 2. The molecule has 1 aliphatic rings. The predicted molar refractivity (Wildman–Crippen MR) is 103 cm³/mol. The standard InChI is InChI=1S/C21H27N3O3/c1-5-6-16(14-7-8-17-18(11-14)27-10-9-26-17)24-19(25)15-12-22-20(23-13-15)21(2,3)4/h7-8,11-13,16H,5-6,9-10H2,1-4H3,(H,24,25). The Kier molecular flexibility index (Phi) is 5.63. The second-order valence-electron chi connectivity index (χ2n) is 7.76. The number of hydrogen-bond donors (Lipinski definition) is 1. The molecule has 0 spiro atoms. The quantitative estimate of drug-likeness (QED) is 0.867. The van der Waals surface area contributed by atoms with Gasteiger partial charge < -0.3 is 14.8 Å². The zero-order chi connectivity index (χ0) is 19.4. The van der Waals surface area contributed by atoms with Crippen LogP contribution < -0.4 is 14.8 Å². The fraction of sp³-hybridized carbons (Fsp3) is 0.476. The van der Waals surface area contributed by atoms with E-state index in [1.54, 1.807) is 12.4 Å². The Balaban J connectivity index is 1.77. The summed E-state index contributed by atoms with van der Waals surface area (Å²) in [6.45, 7) is 9.33. The summed E-state index contributed by atoms with van der Waals surface area (Å²) >= 11 is 0. The van der Waals surface area contributed by atoms with Crippen LogP contribution in [0.25, 0.3) is 0 Å². The van der Waals surface area contributed by atoms with E-state index in [1.165, 1.54) is 0 Å². The lowest BCUT2D eigenvalue weighted by Crippen LogP contribution is -2.29. The molecule has 1 aromatic carbocycles. The summed E-state index contributed by atoms with van der Waals surface area (Å²) in [7, 11) is 0. The number of carbonyl (C=O) groups is 1. The molecule has 27 heavy (non-hydrogen) atoms. The maximum atomic E-state index is 12.7. The highest BCUT2D eigenvalue weighted by atomic mass is 16.6. The highest BCUT2D eigenvalue weighted by Crippen LogP contribution is 2.33. The number of benzene rings is 1. The molecule has 0 fully saturated rings. The van der Waals surface area contributed by atoms with Crippen molar-refractivity contribution in [2.75, 3.05) is 13.2 Å². The molecule has 0 radical (unpaired) electrons. The molecule has 1 N–H and O–H groups in total. The first-order valence-electron chi connectivity index (χ1n) is 9.41. The average molecular weight is 369 g/mol. The van der Waals surface area contributed by atoms with E-state index in [9.17, 15) is 4.79 Å². The van der Waals surface area contributed by atoms with Crippen molar-refractivity contribution in [1.82, 2.24) is 15.3 Å². The van der Waals surface area contributed by atoms with Crippen molar-refractivity contribution < 1.29 is 14.3 Å². The molecule has 0 saturated carbocycles. The molecule has 6 heteroatoms. The van der Waals surface area contributed by atoms with Crippen molar-refractivity contribution in [2.24, 2.45) is 0 Å². The lowest BCUT2D eigenvalue weighted by Gasteiger charge is -2.23. The zero-order valence-electron chi connectivity index (χ0n) is 16.4. The van der Waals surface area contributed by atoms with E-state index in [1.807, 2.05) is 39.0 Å². The third-order valence-corrected chi connectivity index (χ3v) is 4.44. The van der Waals surface area contributed by atoms with Crippen molar-refractivity contribution in [2.45, 2.75) is 52.0 Å². The molecule has 1 atom stereocenters. The van der Waals surface area contributed by atoms with Crippen LogP contribution in [-0.4, -0.2) is 29.1 Å². The molecule has 1 amide bonds. The number of carbonyl (C=O) groups excluding carboxylic acids is 1. The lowest BCUT2D eigenvalue weighted by molar-refractivity contribution is 0.0933. The zero-order valence-corrected chi connectivity index (χ0v) is 16.4.